The predicted molar refractivity (Wildman–Crippen MR) is 90.1 cm³/mol. The molecule has 0 radical (unpaired) electrons. The largest absolute Gasteiger partial charge is 0.352 e. The Morgan fingerprint density at radius 3 is 2.86 bits per heavy atom. The molecule has 0 atom stereocenters. The number of carbonyl (C=O) groups excluding carboxylic acids is 1. The number of carbonyl (C=O) groups is 1. The first kappa shape index (κ1) is 14.8. The van der Waals surface area contributed by atoms with Gasteiger partial charge in [0.25, 0.3) is 5.91 Å². The van der Waals surface area contributed by atoms with Crippen LogP contribution in [0.3, 0.4) is 0 Å². The minimum Gasteiger partial charge on any atom is -0.352 e. The predicted octanol–water partition coefficient (Wildman–Crippen LogP) is 3.38. The quantitative estimate of drug-likeness (QED) is 0.777. The van der Waals surface area contributed by atoms with Crippen LogP contribution in [0.25, 0.3) is 5.65 Å². The van der Waals surface area contributed by atoms with Gasteiger partial charge in [0, 0.05) is 29.8 Å². The second-order valence-corrected chi connectivity index (χ2v) is 6.04. The number of fused-ring (bicyclic) bond motifs is 1. The lowest BCUT2D eigenvalue weighted by Gasteiger charge is -2.05. The number of hydrogen-bond donors (Lipinski definition) is 1. The van der Waals surface area contributed by atoms with E-state index in [9.17, 15) is 4.79 Å². The highest BCUT2D eigenvalue weighted by Gasteiger charge is 2.09. The number of pyridine rings is 1. The molecule has 5 heteroatoms. The second kappa shape index (κ2) is 6.32. The molecule has 112 valence electrons. The van der Waals surface area contributed by atoms with E-state index in [1.165, 1.54) is 5.56 Å². The zero-order chi connectivity index (χ0) is 15.5. The van der Waals surface area contributed by atoms with E-state index in [0.29, 0.717) is 18.5 Å². The summed E-state index contributed by atoms with van der Waals surface area (Å²) >= 11 is 3.39. The Balaban J connectivity index is 1.62. The third-order valence-corrected chi connectivity index (χ3v) is 4.13. The Bertz CT molecular complexity index is 826. The van der Waals surface area contributed by atoms with Gasteiger partial charge in [-0.2, -0.15) is 0 Å². The number of benzene rings is 1. The maximum Gasteiger partial charge on any atom is 0.252 e. The molecule has 4 nitrogen and oxygen atoms in total. The molecule has 0 aliphatic heterocycles. The van der Waals surface area contributed by atoms with Crippen LogP contribution in [-0.2, 0) is 6.42 Å². The molecule has 0 aliphatic carbocycles. The summed E-state index contributed by atoms with van der Waals surface area (Å²) in [5.41, 5.74) is 3.74. The van der Waals surface area contributed by atoms with Crippen molar-refractivity contribution in [3.63, 3.8) is 0 Å². The zero-order valence-electron chi connectivity index (χ0n) is 12.2. The maximum absolute atomic E-state index is 12.1. The fourth-order valence-electron chi connectivity index (χ4n) is 2.32. The van der Waals surface area contributed by atoms with Crippen molar-refractivity contribution in [3.05, 3.63) is 70.1 Å². The molecule has 1 N–H and O–H groups in total. The highest BCUT2D eigenvalue weighted by atomic mass is 79.9. The first-order valence-corrected chi connectivity index (χ1v) is 7.90. The summed E-state index contributed by atoms with van der Waals surface area (Å²) in [6.07, 6.45) is 4.76. The average molecular weight is 358 g/mol. The van der Waals surface area contributed by atoms with Gasteiger partial charge in [0.15, 0.2) is 0 Å². The van der Waals surface area contributed by atoms with Crippen LogP contribution in [0.2, 0.25) is 0 Å². The topological polar surface area (TPSA) is 46.4 Å². The van der Waals surface area contributed by atoms with Gasteiger partial charge in [0.2, 0.25) is 0 Å². The third-order valence-electron chi connectivity index (χ3n) is 3.43. The monoisotopic (exact) mass is 357 g/mol. The summed E-state index contributed by atoms with van der Waals surface area (Å²) in [5.74, 6) is -0.0768. The van der Waals surface area contributed by atoms with Gasteiger partial charge < -0.3 is 9.72 Å². The number of nitrogens with zero attached hydrogens (tertiary/aromatic N) is 2. The van der Waals surface area contributed by atoms with Crippen LogP contribution in [0, 0.1) is 6.92 Å². The van der Waals surface area contributed by atoms with Gasteiger partial charge in [-0.05, 0) is 46.6 Å². The number of imidazole rings is 1. The number of rotatable bonds is 4. The SMILES string of the molecule is Cc1ccc2nc(CCNC(=O)c3ccccc3Br)cn2c1. The van der Waals surface area contributed by atoms with Crippen LogP contribution >= 0.6 is 15.9 Å². The molecule has 0 saturated heterocycles. The zero-order valence-corrected chi connectivity index (χ0v) is 13.8. The summed E-state index contributed by atoms with van der Waals surface area (Å²) < 4.78 is 2.82. The van der Waals surface area contributed by atoms with Crippen molar-refractivity contribution in [2.75, 3.05) is 6.54 Å². The minimum atomic E-state index is -0.0768. The van der Waals surface area contributed by atoms with Crippen LogP contribution in [0.5, 0.6) is 0 Å². The molecule has 2 heterocycles. The van der Waals surface area contributed by atoms with E-state index >= 15 is 0 Å². The summed E-state index contributed by atoms with van der Waals surface area (Å²) in [5, 5.41) is 2.93. The van der Waals surface area contributed by atoms with Crippen molar-refractivity contribution in [3.8, 4) is 0 Å². The van der Waals surface area contributed by atoms with E-state index in [1.54, 1.807) is 6.07 Å². The van der Waals surface area contributed by atoms with E-state index in [2.05, 4.69) is 33.2 Å². The number of amides is 1. The van der Waals surface area contributed by atoms with E-state index in [-0.39, 0.29) is 5.91 Å². The number of hydrogen-bond acceptors (Lipinski definition) is 2. The molecule has 3 aromatic rings. The molecule has 1 amide bonds. The normalized spacial score (nSPS) is 10.8. The molecule has 0 spiro atoms. The van der Waals surface area contributed by atoms with E-state index in [1.807, 2.05) is 47.1 Å². The van der Waals surface area contributed by atoms with Crippen molar-refractivity contribution in [1.82, 2.24) is 14.7 Å². The van der Waals surface area contributed by atoms with Gasteiger partial charge in [-0.3, -0.25) is 4.79 Å². The summed E-state index contributed by atoms with van der Waals surface area (Å²) in [6, 6.07) is 11.4. The van der Waals surface area contributed by atoms with Crippen molar-refractivity contribution >= 4 is 27.5 Å². The van der Waals surface area contributed by atoms with E-state index in [0.717, 1.165) is 15.8 Å². The minimum absolute atomic E-state index is 0.0768. The molecule has 0 unspecified atom stereocenters. The standard InChI is InChI=1S/C17H16BrN3O/c1-12-6-7-16-20-13(11-21(16)10-12)8-9-19-17(22)14-4-2-3-5-15(14)18/h2-7,10-11H,8-9H2,1H3,(H,19,22). The molecule has 3 rings (SSSR count). The van der Waals surface area contributed by atoms with Crippen molar-refractivity contribution in [2.45, 2.75) is 13.3 Å². The van der Waals surface area contributed by atoms with Crippen molar-refractivity contribution in [2.24, 2.45) is 0 Å². The highest BCUT2D eigenvalue weighted by molar-refractivity contribution is 9.10. The Labute approximate surface area is 137 Å². The number of aromatic nitrogens is 2. The Hall–Kier alpha value is -2.14. The van der Waals surface area contributed by atoms with E-state index in [4.69, 9.17) is 0 Å². The number of nitrogens with one attached hydrogen (secondary N) is 1. The average Bonchev–Trinajstić information content (AvgIpc) is 2.89. The lowest BCUT2D eigenvalue weighted by Crippen LogP contribution is -2.26. The number of aryl methyl sites for hydroxylation is 1. The van der Waals surface area contributed by atoms with E-state index < -0.39 is 0 Å². The summed E-state index contributed by atoms with van der Waals surface area (Å²) in [4.78, 5) is 16.6. The first-order valence-electron chi connectivity index (χ1n) is 7.10. The van der Waals surface area contributed by atoms with Gasteiger partial charge in [-0.15, -0.1) is 0 Å². The third kappa shape index (κ3) is 3.20. The Kier molecular flexibility index (Phi) is 4.24. The summed E-state index contributed by atoms with van der Waals surface area (Å²) in [6.45, 7) is 2.61. The van der Waals surface area contributed by atoms with Gasteiger partial charge >= 0.3 is 0 Å². The molecular formula is C17H16BrN3O. The molecule has 0 saturated carbocycles. The van der Waals surface area contributed by atoms with Gasteiger partial charge in [0.1, 0.15) is 5.65 Å². The van der Waals surface area contributed by atoms with Crippen LogP contribution in [0.4, 0.5) is 0 Å². The maximum atomic E-state index is 12.1. The van der Waals surface area contributed by atoms with Crippen LogP contribution < -0.4 is 5.32 Å². The van der Waals surface area contributed by atoms with Crippen LogP contribution in [-0.4, -0.2) is 21.8 Å². The molecular weight excluding hydrogens is 342 g/mol. The Morgan fingerprint density at radius 2 is 2.05 bits per heavy atom. The van der Waals surface area contributed by atoms with Crippen molar-refractivity contribution < 1.29 is 4.79 Å². The van der Waals surface area contributed by atoms with Crippen molar-refractivity contribution in [1.29, 1.82) is 0 Å². The lowest BCUT2D eigenvalue weighted by molar-refractivity contribution is 0.0953. The molecule has 2 aromatic heterocycles. The van der Waals surface area contributed by atoms with Gasteiger partial charge in [0.05, 0.1) is 11.3 Å². The molecule has 1 aromatic carbocycles. The molecule has 0 bridgehead atoms. The molecule has 22 heavy (non-hydrogen) atoms. The molecule has 0 aliphatic rings. The smallest absolute Gasteiger partial charge is 0.252 e. The van der Waals surface area contributed by atoms with Gasteiger partial charge in [-0.25, -0.2) is 4.98 Å². The fourth-order valence-corrected chi connectivity index (χ4v) is 2.79. The highest BCUT2D eigenvalue weighted by Crippen LogP contribution is 2.15. The first-order chi connectivity index (χ1) is 10.6. The second-order valence-electron chi connectivity index (χ2n) is 5.19. The molecule has 0 fully saturated rings. The Morgan fingerprint density at radius 1 is 1.23 bits per heavy atom. The number of halogens is 1. The summed E-state index contributed by atoms with van der Waals surface area (Å²) in [7, 11) is 0. The van der Waals surface area contributed by atoms with Gasteiger partial charge in [-0.1, -0.05) is 18.2 Å². The van der Waals surface area contributed by atoms with Crippen LogP contribution in [0.15, 0.2) is 53.3 Å². The lowest BCUT2D eigenvalue weighted by atomic mass is 10.2. The fraction of sp³-hybridized carbons (Fsp3) is 0.176. The van der Waals surface area contributed by atoms with Crippen LogP contribution in [0.1, 0.15) is 21.6 Å².